The van der Waals surface area contributed by atoms with Gasteiger partial charge in [0.25, 0.3) is 0 Å². The maximum Gasteiger partial charge on any atom is 0.0478 e. The zero-order valence-corrected chi connectivity index (χ0v) is 10.0. The Hall–Kier alpha value is -1.24. The lowest BCUT2D eigenvalue weighted by Gasteiger charge is -1.97. The average Bonchev–Trinajstić information content (AvgIpc) is 2.30. The lowest BCUT2D eigenvalue weighted by atomic mass is 10.1. The molecular weight excluding hydrogens is 239 g/mol. The van der Waals surface area contributed by atoms with E-state index in [0.29, 0.717) is 0 Å². The first-order valence-corrected chi connectivity index (χ1v) is 5.69. The van der Waals surface area contributed by atoms with Gasteiger partial charge in [-0.25, -0.2) is 0 Å². The van der Waals surface area contributed by atoms with Crippen LogP contribution in [-0.4, -0.2) is 0 Å². The molecular formula is C14H10Cl2. The molecule has 0 spiro atoms. The van der Waals surface area contributed by atoms with Gasteiger partial charge >= 0.3 is 0 Å². The molecule has 0 aliphatic heterocycles. The molecule has 0 atom stereocenters. The molecule has 0 fully saturated rings. The first-order chi connectivity index (χ1) is 7.75. The first kappa shape index (κ1) is 11.3. The van der Waals surface area contributed by atoms with Crippen molar-refractivity contribution < 1.29 is 0 Å². The van der Waals surface area contributed by atoms with E-state index in [4.69, 9.17) is 23.2 Å². The Morgan fingerprint density at radius 2 is 1.44 bits per heavy atom. The SMILES string of the molecule is Clc1ccc(/C=C/c2ccccc2Cl)cc1. The molecule has 0 aliphatic rings. The summed E-state index contributed by atoms with van der Waals surface area (Å²) in [5.41, 5.74) is 2.11. The first-order valence-electron chi connectivity index (χ1n) is 4.94. The van der Waals surface area contributed by atoms with Crippen molar-refractivity contribution in [1.29, 1.82) is 0 Å². The molecule has 2 heteroatoms. The minimum Gasteiger partial charge on any atom is -0.0843 e. The lowest BCUT2D eigenvalue weighted by Crippen LogP contribution is -1.74. The van der Waals surface area contributed by atoms with Crippen LogP contribution in [0.25, 0.3) is 12.2 Å². The van der Waals surface area contributed by atoms with Crippen molar-refractivity contribution >= 4 is 35.4 Å². The minimum atomic E-state index is 0.745. The summed E-state index contributed by atoms with van der Waals surface area (Å²) in [6, 6.07) is 15.4. The Morgan fingerprint density at radius 1 is 0.750 bits per heavy atom. The topological polar surface area (TPSA) is 0 Å². The molecule has 0 nitrogen and oxygen atoms in total. The van der Waals surface area contributed by atoms with Gasteiger partial charge in [0.15, 0.2) is 0 Å². The van der Waals surface area contributed by atoms with Crippen molar-refractivity contribution in [2.24, 2.45) is 0 Å². The molecule has 0 bridgehead atoms. The predicted molar refractivity (Wildman–Crippen MR) is 71.8 cm³/mol. The number of benzene rings is 2. The molecule has 0 heterocycles. The Bertz CT molecular complexity index is 498. The third kappa shape index (κ3) is 2.88. The van der Waals surface area contributed by atoms with E-state index in [1.165, 1.54) is 0 Å². The summed E-state index contributed by atoms with van der Waals surface area (Å²) in [6.45, 7) is 0. The van der Waals surface area contributed by atoms with Gasteiger partial charge in [-0.15, -0.1) is 0 Å². The van der Waals surface area contributed by atoms with Gasteiger partial charge in [-0.2, -0.15) is 0 Å². The predicted octanol–water partition coefficient (Wildman–Crippen LogP) is 5.16. The molecule has 2 aromatic carbocycles. The Balaban J connectivity index is 2.21. The van der Waals surface area contributed by atoms with Crippen molar-refractivity contribution in [2.75, 3.05) is 0 Å². The highest BCUT2D eigenvalue weighted by Gasteiger charge is 1.93. The van der Waals surface area contributed by atoms with Crippen molar-refractivity contribution in [1.82, 2.24) is 0 Å². The van der Waals surface area contributed by atoms with Crippen LogP contribution >= 0.6 is 23.2 Å². The molecule has 0 saturated heterocycles. The van der Waals surface area contributed by atoms with Crippen LogP contribution in [0.15, 0.2) is 48.5 Å². The van der Waals surface area contributed by atoms with Crippen molar-refractivity contribution in [3.05, 3.63) is 69.7 Å². The highest BCUT2D eigenvalue weighted by atomic mass is 35.5. The number of hydrogen-bond acceptors (Lipinski definition) is 0. The molecule has 0 unspecified atom stereocenters. The van der Waals surface area contributed by atoms with Gasteiger partial charge in [0.1, 0.15) is 0 Å². The third-order valence-electron chi connectivity index (χ3n) is 2.23. The van der Waals surface area contributed by atoms with E-state index in [2.05, 4.69) is 0 Å². The monoisotopic (exact) mass is 248 g/mol. The summed E-state index contributed by atoms with van der Waals surface area (Å²) in [5.74, 6) is 0. The van der Waals surface area contributed by atoms with Gasteiger partial charge in [-0.1, -0.05) is 65.7 Å². The fourth-order valence-corrected chi connectivity index (χ4v) is 1.69. The second-order valence-corrected chi connectivity index (χ2v) is 4.25. The summed E-state index contributed by atoms with van der Waals surface area (Å²) >= 11 is 11.9. The molecule has 80 valence electrons. The standard InChI is InChI=1S/C14H10Cl2/c15-13-9-6-11(7-10-13)5-8-12-3-1-2-4-14(12)16/h1-10H/b8-5+. The summed E-state index contributed by atoms with van der Waals surface area (Å²) in [5, 5.41) is 1.50. The highest BCUT2D eigenvalue weighted by molar-refractivity contribution is 6.32. The molecule has 0 saturated carbocycles. The number of hydrogen-bond donors (Lipinski definition) is 0. The smallest absolute Gasteiger partial charge is 0.0478 e. The van der Waals surface area contributed by atoms with Crippen LogP contribution in [-0.2, 0) is 0 Å². The summed E-state index contributed by atoms with van der Waals surface area (Å²) in [4.78, 5) is 0. The fraction of sp³-hybridized carbons (Fsp3) is 0. The van der Waals surface area contributed by atoms with Crippen LogP contribution in [0.4, 0.5) is 0 Å². The normalized spacial score (nSPS) is 10.9. The fourth-order valence-electron chi connectivity index (χ4n) is 1.37. The molecule has 0 amide bonds. The number of halogens is 2. The van der Waals surface area contributed by atoms with Crippen LogP contribution < -0.4 is 0 Å². The van der Waals surface area contributed by atoms with Gasteiger partial charge in [-0.05, 0) is 29.3 Å². The van der Waals surface area contributed by atoms with E-state index in [-0.39, 0.29) is 0 Å². The van der Waals surface area contributed by atoms with E-state index in [0.717, 1.165) is 21.2 Å². The van der Waals surface area contributed by atoms with Gasteiger partial charge in [0, 0.05) is 10.0 Å². The Labute approximate surface area is 105 Å². The zero-order chi connectivity index (χ0) is 11.4. The molecule has 0 aliphatic carbocycles. The maximum absolute atomic E-state index is 6.04. The number of rotatable bonds is 2. The third-order valence-corrected chi connectivity index (χ3v) is 2.83. The maximum atomic E-state index is 6.04. The molecule has 0 aromatic heterocycles. The Morgan fingerprint density at radius 3 is 2.12 bits per heavy atom. The van der Waals surface area contributed by atoms with Gasteiger partial charge < -0.3 is 0 Å². The van der Waals surface area contributed by atoms with Crippen LogP contribution in [0.5, 0.6) is 0 Å². The van der Waals surface area contributed by atoms with Crippen LogP contribution in [0.1, 0.15) is 11.1 Å². The highest BCUT2D eigenvalue weighted by Crippen LogP contribution is 2.18. The summed E-state index contributed by atoms with van der Waals surface area (Å²) in [7, 11) is 0. The molecule has 2 rings (SSSR count). The van der Waals surface area contributed by atoms with E-state index in [9.17, 15) is 0 Å². The quantitative estimate of drug-likeness (QED) is 0.644. The van der Waals surface area contributed by atoms with Gasteiger partial charge in [0.05, 0.1) is 0 Å². The zero-order valence-electron chi connectivity index (χ0n) is 8.53. The van der Waals surface area contributed by atoms with E-state index < -0.39 is 0 Å². The second-order valence-electron chi connectivity index (χ2n) is 3.41. The van der Waals surface area contributed by atoms with Crippen molar-refractivity contribution in [3.8, 4) is 0 Å². The van der Waals surface area contributed by atoms with Crippen molar-refractivity contribution in [2.45, 2.75) is 0 Å². The van der Waals surface area contributed by atoms with Crippen LogP contribution in [0, 0.1) is 0 Å². The Kier molecular flexibility index (Phi) is 3.66. The summed E-state index contributed by atoms with van der Waals surface area (Å²) in [6.07, 6.45) is 4.00. The van der Waals surface area contributed by atoms with E-state index in [1.807, 2.05) is 60.7 Å². The van der Waals surface area contributed by atoms with Crippen LogP contribution in [0.3, 0.4) is 0 Å². The second kappa shape index (κ2) is 5.20. The average molecular weight is 249 g/mol. The van der Waals surface area contributed by atoms with E-state index >= 15 is 0 Å². The molecule has 0 N–H and O–H groups in total. The largest absolute Gasteiger partial charge is 0.0843 e. The van der Waals surface area contributed by atoms with Crippen LogP contribution in [0.2, 0.25) is 10.0 Å². The molecule has 2 aromatic rings. The molecule has 16 heavy (non-hydrogen) atoms. The minimum absolute atomic E-state index is 0.745. The molecule has 0 radical (unpaired) electrons. The summed E-state index contributed by atoms with van der Waals surface area (Å²) < 4.78 is 0. The van der Waals surface area contributed by atoms with Crippen molar-refractivity contribution in [3.63, 3.8) is 0 Å². The lowest BCUT2D eigenvalue weighted by molar-refractivity contribution is 1.64. The van der Waals surface area contributed by atoms with Gasteiger partial charge in [0.2, 0.25) is 0 Å². The van der Waals surface area contributed by atoms with Gasteiger partial charge in [-0.3, -0.25) is 0 Å². The van der Waals surface area contributed by atoms with E-state index in [1.54, 1.807) is 0 Å².